The number of ether oxygens (including phenoxy) is 1. The molecule has 3 aliphatic rings. The van der Waals surface area contributed by atoms with Gasteiger partial charge in [-0.15, -0.1) is 0 Å². The lowest BCUT2D eigenvalue weighted by atomic mass is 9.76. The highest BCUT2D eigenvalue weighted by atomic mass is 16.5. The van der Waals surface area contributed by atoms with Gasteiger partial charge in [0, 0.05) is 13.1 Å². The molecule has 2 atom stereocenters. The molecule has 3 rings (SSSR count). The van der Waals surface area contributed by atoms with Gasteiger partial charge in [0.1, 0.15) is 6.61 Å². The molecule has 5 nitrogen and oxygen atoms in total. The first-order valence-corrected chi connectivity index (χ1v) is 8.33. The molecule has 0 bridgehead atoms. The predicted molar refractivity (Wildman–Crippen MR) is 83.2 cm³/mol. The zero-order chi connectivity index (χ0) is 15.8. The highest BCUT2D eigenvalue weighted by molar-refractivity contribution is 5.83. The summed E-state index contributed by atoms with van der Waals surface area (Å²) in [6.07, 6.45) is 8.67. The van der Waals surface area contributed by atoms with Gasteiger partial charge in [0.15, 0.2) is 0 Å². The molecule has 0 aromatic rings. The van der Waals surface area contributed by atoms with Crippen molar-refractivity contribution in [2.45, 2.75) is 57.6 Å². The van der Waals surface area contributed by atoms with Gasteiger partial charge in [-0.3, -0.25) is 9.59 Å². The second-order valence-corrected chi connectivity index (χ2v) is 7.21. The molecule has 0 saturated carbocycles. The average molecular weight is 306 g/mol. The van der Waals surface area contributed by atoms with Crippen LogP contribution in [0.25, 0.3) is 0 Å². The van der Waals surface area contributed by atoms with Crippen molar-refractivity contribution < 1.29 is 14.3 Å². The first-order valence-electron chi connectivity index (χ1n) is 8.33. The van der Waals surface area contributed by atoms with Crippen LogP contribution in [-0.4, -0.2) is 48.1 Å². The Balaban J connectivity index is 1.63. The first-order chi connectivity index (χ1) is 10.5. The van der Waals surface area contributed by atoms with E-state index >= 15 is 0 Å². The van der Waals surface area contributed by atoms with Crippen LogP contribution in [0.15, 0.2) is 12.2 Å². The van der Waals surface area contributed by atoms with Gasteiger partial charge in [0.2, 0.25) is 11.8 Å². The number of carbonyl (C=O) groups excluding carboxylic acids is 2. The van der Waals surface area contributed by atoms with Gasteiger partial charge in [0.25, 0.3) is 0 Å². The zero-order valence-corrected chi connectivity index (χ0v) is 13.6. The molecule has 1 spiro atoms. The number of nitrogens with one attached hydrogen (secondary N) is 1. The highest BCUT2D eigenvalue weighted by Gasteiger charge is 2.46. The molecule has 22 heavy (non-hydrogen) atoms. The summed E-state index contributed by atoms with van der Waals surface area (Å²) in [7, 11) is 0. The Labute approximate surface area is 132 Å². The van der Waals surface area contributed by atoms with Crippen LogP contribution in [0.1, 0.15) is 46.0 Å². The minimum atomic E-state index is -0.294. The van der Waals surface area contributed by atoms with E-state index in [-0.39, 0.29) is 35.5 Å². The van der Waals surface area contributed by atoms with Crippen LogP contribution in [0, 0.1) is 5.41 Å². The monoisotopic (exact) mass is 306 g/mol. The predicted octanol–water partition coefficient (Wildman–Crippen LogP) is 1.63. The molecule has 2 fully saturated rings. The maximum absolute atomic E-state index is 12.9. The highest BCUT2D eigenvalue weighted by Crippen LogP contribution is 2.37. The fourth-order valence-corrected chi connectivity index (χ4v) is 3.96. The van der Waals surface area contributed by atoms with Gasteiger partial charge in [-0.05, 0) is 39.0 Å². The minimum absolute atomic E-state index is 0.0132. The molecule has 2 aliphatic heterocycles. The number of hydrogen-bond donors (Lipinski definition) is 1. The van der Waals surface area contributed by atoms with Gasteiger partial charge in [-0.25, -0.2) is 0 Å². The molecule has 0 aromatic heterocycles. The third kappa shape index (κ3) is 2.67. The summed E-state index contributed by atoms with van der Waals surface area (Å²) in [5, 5.41) is 2.98. The molecule has 2 saturated heterocycles. The van der Waals surface area contributed by atoms with E-state index in [1.807, 2.05) is 11.8 Å². The lowest BCUT2D eigenvalue weighted by molar-refractivity contribution is -0.166. The van der Waals surface area contributed by atoms with Crippen molar-refractivity contribution in [3.8, 4) is 0 Å². The Morgan fingerprint density at radius 3 is 2.64 bits per heavy atom. The van der Waals surface area contributed by atoms with Crippen molar-refractivity contribution in [3.63, 3.8) is 0 Å². The minimum Gasteiger partial charge on any atom is -0.363 e. The van der Waals surface area contributed by atoms with Gasteiger partial charge in [-0.2, -0.15) is 0 Å². The van der Waals surface area contributed by atoms with Gasteiger partial charge in [0.05, 0.1) is 17.1 Å². The van der Waals surface area contributed by atoms with Crippen molar-refractivity contribution in [3.05, 3.63) is 12.2 Å². The van der Waals surface area contributed by atoms with Crippen molar-refractivity contribution >= 4 is 11.8 Å². The van der Waals surface area contributed by atoms with Gasteiger partial charge >= 0.3 is 0 Å². The second-order valence-electron chi connectivity index (χ2n) is 7.21. The molecule has 2 heterocycles. The Bertz CT molecular complexity index is 494. The van der Waals surface area contributed by atoms with Crippen molar-refractivity contribution in [2.24, 2.45) is 5.41 Å². The van der Waals surface area contributed by atoms with E-state index in [1.165, 1.54) is 0 Å². The number of morpholine rings is 1. The number of nitrogens with zero attached hydrogens (tertiary/aromatic N) is 1. The van der Waals surface area contributed by atoms with E-state index in [0.29, 0.717) is 0 Å². The van der Waals surface area contributed by atoms with Crippen LogP contribution in [-0.2, 0) is 14.3 Å². The number of hydrogen-bond acceptors (Lipinski definition) is 3. The van der Waals surface area contributed by atoms with Crippen molar-refractivity contribution in [1.29, 1.82) is 0 Å². The Hall–Kier alpha value is -1.36. The summed E-state index contributed by atoms with van der Waals surface area (Å²) < 4.78 is 5.87. The Morgan fingerprint density at radius 1 is 1.32 bits per heavy atom. The van der Waals surface area contributed by atoms with Crippen LogP contribution in [0.2, 0.25) is 0 Å². The molecule has 122 valence electrons. The van der Waals surface area contributed by atoms with Crippen LogP contribution >= 0.6 is 0 Å². The fourth-order valence-electron chi connectivity index (χ4n) is 3.96. The summed E-state index contributed by atoms with van der Waals surface area (Å²) in [4.78, 5) is 26.3. The molecule has 1 N–H and O–H groups in total. The third-order valence-electron chi connectivity index (χ3n) is 5.67. The van der Waals surface area contributed by atoms with E-state index < -0.39 is 0 Å². The van der Waals surface area contributed by atoms with Gasteiger partial charge in [-0.1, -0.05) is 19.1 Å². The molecule has 0 radical (unpaired) electrons. The Kier molecular flexibility index (Phi) is 4.02. The summed E-state index contributed by atoms with van der Waals surface area (Å²) in [6.45, 7) is 5.67. The van der Waals surface area contributed by atoms with E-state index in [1.54, 1.807) is 0 Å². The molecule has 5 heteroatoms. The summed E-state index contributed by atoms with van der Waals surface area (Å²) in [5.41, 5.74) is -0.537. The van der Waals surface area contributed by atoms with E-state index in [9.17, 15) is 9.59 Å². The zero-order valence-electron chi connectivity index (χ0n) is 13.6. The largest absolute Gasteiger partial charge is 0.363 e. The number of piperidine rings is 1. The molecular formula is C17H26N2O3. The molecular weight excluding hydrogens is 280 g/mol. The summed E-state index contributed by atoms with van der Waals surface area (Å²) >= 11 is 0. The maximum atomic E-state index is 12.9. The molecule has 0 aromatic carbocycles. The standard InChI is InChI=1S/C17H26N2O3/c1-13-17(22-12-14(20)18-13)8-10-19(11-9-17)15(21)16(2)6-4-3-5-7-16/h3-4,13H,5-12H2,1-2H3,(H,18,20). The SMILES string of the molecule is CC1NC(=O)COC12CCN(C(=O)C1(C)CC=CCC1)CC2. The number of rotatable bonds is 1. The summed E-state index contributed by atoms with van der Waals surface area (Å²) in [5.74, 6) is 0.234. The Morgan fingerprint density at radius 2 is 2.05 bits per heavy atom. The van der Waals surface area contributed by atoms with Crippen LogP contribution < -0.4 is 5.32 Å². The molecule has 2 amide bonds. The number of allylic oxidation sites excluding steroid dienone is 2. The maximum Gasteiger partial charge on any atom is 0.246 e. The van der Waals surface area contributed by atoms with Gasteiger partial charge < -0.3 is 15.0 Å². The number of carbonyl (C=O) groups is 2. The first kappa shape index (κ1) is 15.5. The van der Waals surface area contributed by atoms with Crippen LogP contribution in [0.5, 0.6) is 0 Å². The van der Waals surface area contributed by atoms with E-state index in [4.69, 9.17) is 4.74 Å². The van der Waals surface area contributed by atoms with Crippen LogP contribution in [0.4, 0.5) is 0 Å². The average Bonchev–Trinajstić information content (AvgIpc) is 2.52. The smallest absolute Gasteiger partial charge is 0.246 e. The quantitative estimate of drug-likeness (QED) is 0.749. The summed E-state index contributed by atoms with van der Waals surface area (Å²) in [6, 6.07) is 0.0132. The van der Waals surface area contributed by atoms with Crippen LogP contribution in [0.3, 0.4) is 0 Å². The van der Waals surface area contributed by atoms with Crippen molar-refractivity contribution in [1.82, 2.24) is 10.2 Å². The van der Waals surface area contributed by atoms with E-state index in [2.05, 4.69) is 24.4 Å². The fraction of sp³-hybridized carbons (Fsp3) is 0.765. The number of amides is 2. The molecule has 2 unspecified atom stereocenters. The van der Waals surface area contributed by atoms with Crippen molar-refractivity contribution in [2.75, 3.05) is 19.7 Å². The normalized spacial score (nSPS) is 34.5. The molecule has 1 aliphatic carbocycles. The lowest BCUT2D eigenvalue weighted by Crippen LogP contribution is -2.63. The topological polar surface area (TPSA) is 58.6 Å². The number of likely N-dealkylation sites (tertiary alicyclic amines) is 1. The van der Waals surface area contributed by atoms with E-state index in [0.717, 1.165) is 45.2 Å². The second kappa shape index (κ2) is 5.69. The third-order valence-corrected chi connectivity index (χ3v) is 5.67. The lowest BCUT2D eigenvalue weighted by Gasteiger charge is -2.48.